The molecule has 0 aromatic rings. The fraction of sp³-hybridized carbons (Fsp3) is 0.923. The lowest BCUT2D eigenvalue weighted by atomic mass is 10.0. The Bertz CT molecular complexity index is 349. The summed E-state index contributed by atoms with van der Waals surface area (Å²) < 4.78 is 5.37. The summed E-state index contributed by atoms with van der Waals surface area (Å²) in [6, 6.07) is 0.509. The first-order valence-electron chi connectivity index (χ1n) is 6.82. The van der Waals surface area contributed by atoms with E-state index in [1.54, 1.807) is 0 Å². The van der Waals surface area contributed by atoms with Gasteiger partial charge in [0.1, 0.15) is 0 Å². The highest BCUT2D eigenvalue weighted by Gasteiger charge is 2.60. The van der Waals surface area contributed by atoms with E-state index < -0.39 is 0 Å². The molecule has 1 unspecified atom stereocenters. The van der Waals surface area contributed by atoms with Crippen LogP contribution in [0.2, 0.25) is 0 Å². The van der Waals surface area contributed by atoms with Gasteiger partial charge in [-0.25, -0.2) is 0 Å². The smallest absolute Gasteiger partial charge is 0.226 e. The predicted octanol–water partition coefficient (Wildman–Crippen LogP) is 0.0413. The standard InChI is InChI=1S/C13H20N2O2/c1-14-4-8-2-3-15(11(8)5-14)13(16)12-9-6-17-7-10(9)12/h8-12H,2-7H2,1H3/t8-,9-,10+,11+,12?/m0/s1. The van der Waals surface area contributed by atoms with Crippen molar-refractivity contribution in [3.8, 4) is 0 Å². The number of carbonyl (C=O) groups excluding carboxylic acids is 1. The molecule has 4 aliphatic rings. The molecule has 17 heavy (non-hydrogen) atoms. The number of hydrogen-bond acceptors (Lipinski definition) is 3. The van der Waals surface area contributed by atoms with Gasteiger partial charge >= 0.3 is 0 Å². The van der Waals surface area contributed by atoms with Crippen LogP contribution in [0.25, 0.3) is 0 Å². The van der Waals surface area contributed by atoms with Gasteiger partial charge in [-0.05, 0) is 31.2 Å². The molecule has 0 bridgehead atoms. The first-order chi connectivity index (χ1) is 8.25. The molecule has 4 fully saturated rings. The molecule has 0 aromatic heterocycles. The van der Waals surface area contributed by atoms with Crippen LogP contribution in [0.5, 0.6) is 0 Å². The molecule has 1 saturated carbocycles. The molecule has 5 atom stereocenters. The lowest BCUT2D eigenvalue weighted by Crippen LogP contribution is -2.41. The van der Waals surface area contributed by atoms with Crippen molar-refractivity contribution in [1.29, 1.82) is 0 Å². The van der Waals surface area contributed by atoms with Gasteiger partial charge < -0.3 is 14.5 Å². The van der Waals surface area contributed by atoms with Crippen LogP contribution in [0.3, 0.4) is 0 Å². The summed E-state index contributed by atoms with van der Waals surface area (Å²) in [4.78, 5) is 17.1. The van der Waals surface area contributed by atoms with Gasteiger partial charge in [0, 0.05) is 31.6 Å². The first kappa shape index (κ1) is 10.3. The van der Waals surface area contributed by atoms with E-state index in [1.807, 2.05) is 0 Å². The van der Waals surface area contributed by atoms with Crippen LogP contribution in [0.1, 0.15) is 6.42 Å². The van der Waals surface area contributed by atoms with Crippen LogP contribution in [0.15, 0.2) is 0 Å². The van der Waals surface area contributed by atoms with Crippen molar-refractivity contribution in [3.05, 3.63) is 0 Å². The minimum Gasteiger partial charge on any atom is -0.381 e. The summed E-state index contributed by atoms with van der Waals surface area (Å²) in [6.07, 6.45) is 1.21. The Balaban J connectivity index is 1.47. The quantitative estimate of drug-likeness (QED) is 0.644. The van der Waals surface area contributed by atoms with Crippen molar-refractivity contribution in [3.63, 3.8) is 0 Å². The first-order valence-corrected chi connectivity index (χ1v) is 6.82. The van der Waals surface area contributed by atoms with Gasteiger partial charge in [0.15, 0.2) is 0 Å². The topological polar surface area (TPSA) is 32.8 Å². The number of ether oxygens (including phenoxy) is 1. The van der Waals surface area contributed by atoms with Gasteiger partial charge in [-0.15, -0.1) is 0 Å². The Hall–Kier alpha value is -0.610. The molecule has 0 N–H and O–H groups in total. The SMILES string of the molecule is CN1C[C@@H]2CCN(C(=O)C3[C@H]4COC[C@@H]34)[C@@H]2C1. The van der Waals surface area contributed by atoms with Gasteiger partial charge in [-0.3, -0.25) is 4.79 Å². The molecule has 0 aromatic carbocycles. The van der Waals surface area contributed by atoms with Crippen molar-refractivity contribution in [1.82, 2.24) is 9.80 Å². The molecule has 1 aliphatic carbocycles. The normalized spacial score (nSPS) is 48.3. The molecule has 1 amide bonds. The molecule has 4 rings (SSSR count). The molecule has 94 valence electrons. The highest BCUT2D eigenvalue weighted by atomic mass is 16.5. The molecule has 3 aliphatic heterocycles. The third-order valence-electron chi connectivity index (χ3n) is 5.25. The van der Waals surface area contributed by atoms with Crippen LogP contribution in [-0.4, -0.2) is 61.6 Å². The van der Waals surface area contributed by atoms with E-state index in [-0.39, 0.29) is 0 Å². The van der Waals surface area contributed by atoms with Gasteiger partial charge in [-0.1, -0.05) is 0 Å². The number of likely N-dealkylation sites (tertiary alicyclic amines) is 2. The van der Waals surface area contributed by atoms with Crippen LogP contribution >= 0.6 is 0 Å². The molecule has 4 nitrogen and oxygen atoms in total. The van der Waals surface area contributed by atoms with E-state index in [0.717, 1.165) is 32.2 Å². The van der Waals surface area contributed by atoms with Crippen LogP contribution < -0.4 is 0 Å². The lowest BCUT2D eigenvalue weighted by Gasteiger charge is -2.25. The largest absolute Gasteiger partial charge is 0.381 e. The maximum atomic E-state index is 12.5. The third-order valence-corrected chi connectivity index (χ3v) is 5.25. The van der Waals surface area contributed by atoms with Crippen molar-refractivity contribution in [2.45, 2.75) is 12.5 Å². The summed E-state index contributed by atoms with van der Waals surface area (Å²) in [6.45, 7) is 4.90. The molecule has 4 heteroatoms. The summed E-state index contributed by atoms with van der Waals surface area (Å²) in [5, 5.41) is 0. The summed E-state index contributed by atoms with van der Waals surface area (Å²) in [5.41, 5.74) is 0. The molecule has 3 saturated heterocycles. The van der Waals surface area contributed by atoms with E-state index in [4.69, 9.17) is 4.74 Å². The van der Waals surface area contributed by atoms with E-state index in [1.165, 1.54) is 13.0 Å². The maximum absolute atomic E-state index is 12.5. The highest BCUT2D eigenvalue weighted by Crippen LogP contribution is 2.52. The summed E-state index contributed by atoms with van der Waals surface area (Å²) >= 11 is 0. The van der Waals surface area contributed by atoms with Crippen molar-refractivity contribution in [2.75, 3.05) is 39.9 Å². The number of hydrogen-bond donors (Lipinski definition) is 0. The highest BCUT2D eigenvalue weighted by molar-refractivity contribution is 5.83. The number of amides is 1. The number of nitrogens with zero attached hydrogens (tertiary/aromatic N) is 2. The second-order valence-electron chi connectivity index (χ2n) is 6.26. The fourth-order valence-corrected chi connectivity index (χ4v) is 4.24. The second-order valence-corrected chi connectivity index (χ2v) is 6.26. The third kappa shape index (κ3) is 1.40. The Labute approximate surface area is 102 Å². The van der Waals surface area contributed by atoms with Gasteiger partial charge in [0.2, 0.25) is 5.91 Å². The number of likely N-dealkylation sites (N-methyl/N-ethyl adjacent to an activating group) is 1. The van der Waals surface area contributed by atoms with Gasteiger partial charge in [-0.2, -0.15) is 0 Å². The summed E-state index contributed by atoms with van der Waals surface area (Å²) in [5.74, 6) is 2.60. The Kier molecular flexibility index (Phi) is 2.10. The summed E-state index contributed by atoms with van der Waals surface area (Å²) in [7, 11) is 2.17. The number of fused-ring (bicyclic) bond motifs is 2. The van der Waals surface area contributed by atoms with Crippen LogP contribution in [0, 0.1) is 23.7 Å². The average molecular weight is 236 g/mol. The van der Waals surface area contributed by atoms with Crippen molar-refractivity contribution in [2.24, 2.45) is 23.7 Å². The van der Waals surface area contributed by atoms with Crippen LogP contribution in [0.4, 0.5) is 0 Å². The second kappa shape index (κ2) is 3.45. The van der Waals surface area contributed by atoms with Crippen molar-refractivity contribution >= 4 is 5.91 Å². The van der Waals surface area contributed by atoms with Gasteiger partial charge in [0.25, 0.3) is 0 Å². The van der Waals surface area contributed by atoms with E-state index >= 15 is 0 Å². The van der Waals surface area contributed by atoms with Crippen molar-refractivity contribution < 1.29 is 9.53 Å². The van der Waals surface area contributed by atoms with Crippen LogP contribution in [-0.2, 0) is 9.53 Å². The number of rotatable bonds is 1. The minimum atomic E-state index is 0.313. The molecular formula is C13H20N2O2. The zero-order valence-corrected chi connectivity index (χ0v) is 10.3. The fourth-order valence-electron chi connectivity index (χ4n) is 4.24. The minimum absolute atomic E-state index is 0.313. The van der Waals surface area contributed by atoms with E-state index in [9.17, 15) is 4.79 Å². The zero-order chi connectivity index (χ0) is 11.6. The average Bonchev–Trinajstić information content (AvgIpc) is 2.72. The zero-order valence-electron chi connectivity index (χ0n) is 10.3. The Morgan fingerprint density at radius 2 is 2.00 bits per heavy atom. The van der Waals surface area contributed by atoms with E-state index in [2.05, 4.69) is 16.8 Å². The monoisotopic (exact) mass is 236 g/mol. The molecule has 0 radical (unpaired) electrons. The lowest BCUT2D eigenvalue weighted by molar-refractivity contribution is -0.134. The predicted molar refractivity (Wildman–Crippen MR) is 62.4 cm³/mol. The Morgan fingerprint density at radius 3 is 2.76 bits per heavy atom. The Morgan fingerprint density at radius 1 is 1.24 bits per heavy atom. The number of carbonyl (C=O) groups is 1. The molecule has 3 heterocycles. The van der Waals surface area contributed by atoms with E-state index in [0.29, 0.717) is 29.7 Å². The van der Waals surface area contributed by atoms with Gasteiger partial charge in [0.05, 0.1) is 13.2 Å². The maximum Gasteiger partial charge on any atom is 0.226 e. The molecule has 0 spiro atoms. The molecular weight excluding hydrogens is 216 g/mol.